The summed E-state index contributed by atoms with van der Waals surface area (Å²) < 4.78 is 7.64. The van der Waals surface area contributed by atoms with Crippen LogP contribution in [0.3, 0.4) is 0 Å². The second-order valence-electron chi connectivity index (χ2n) is 6.81. The number of benzene rings is 2. The number of nitrogens with zero attached hydrogens (tertiary/aromatic N) is 3. The van der Waals surface area contributed by atoms with Crippen LogP contribution in [0, 0.1) is 0 Å². The van der Waals surface area contributed by atoms with Crippen molar-refractivity contribution in [2.24, 2.45) is 0 Å². The number of hydrogen-bond donors (Lipinski definition) is 1. The van der Waals surface area contributed by atoms with Gasteiger partial charge < -0.3 is 9.73 Å². The lowest BCUT2D eigenvalue weighted by Gasteiger charge is -2.07. The highest BCUT2D eigenvalue weighted by atomic mass is 16.4. The van der Waals surface area contributed by atoms with E-state index in [1.54, 1.807) is 12.4 Å². The Labute approximate surface area is 172 Å². The van der Waals surface area contributed by atoms with E-state index >= 15 is 0 Å². The summed E-state index contributed by atoms with van der Waals surface area (Å²) in [5.41, 5.74) is 2.65. The zero-order valence-corrected chi connectivity index (χ0v) is 16.2. The predicted molar refractivity (Wildman–Crippen MR) is 118 cm³/mol. The third-order valence-electron chi connectivity index (χ3n) is 4.92. The van der Waals surface area contributed by atoms with Crippen molar-refractivity contribution in [3.63, 3.8) is 0 Å². The molecular formula is C24H18N4O2. The van der Waals surface area contributed by atoms with Gasteiger partial charge in [0, 0.05) is 29.8 Å². The maximum Gasteiger partial charge on any atom is 0.282 e. The molecule has 0 aliphatic heterocycles. The topological polar surface area (TPSA) is 73.0 Å². The number of oxazole rings is 1. The van der Waals surface area contributed by atoms with E-state index in [1.807, 2.05) is 79.8 Å². The minimum absolute atomic E-state index is 0.250. The molecule has 2 aromatic carbocycles. The van der Waals surface area contributed by atoms with Gasteiger partial charge in [0.15, 0.2) is 11.6 Å². The molecule has 0 unspecified atom stereocenters. The number of aromatic nitrogens is 3. The largest absolute Gasteiger partial charge is 0.434 e. The zero-order chi connectivity index (χ0) is 20.5. The van der Waals surface area contributed by atoms with Crippen LogP contribution >= 0.6 is 0 Å². The summed E-state index contributed by atoms with van der Waals surface area (Å²) in [7, 11) is 1.82. The molecule has 0 atom stereocenters. The summed E-state index contributed by atoms with van der Waals surface area (Å²) in [4.78, 5) is 22.3. The molecule has 0 aliphatic rings. The molecule has 3 heterocycles. The maximum atomic E-state index is 13.3. The van der Waals surface area contributed by atoms with Crippen molar-refractivity contribution in [2.45, 2.75) is 0 Å². The molecule has 0 aliphatic carbocycles. The second kappa shape index (κ2) is 7.33. The highest BCUT2D eigenvalue weighted by Crippen LogP contribution is 2.31. The first-order chi connectivity index (χ1) is 14.7. The van der Waals surface area contributed by atoms with Gasteiger partial charge in [-0.05, 0) is 24.3 Å². The van der Waals surface area contributed by atoms with Crippen molar-refractivity contribution in [3.8, 4) is 28.6 Å². The van der Waals surface area contributed by atoms with Crippen LogP contribution < -0.4 is 10.9 Å². The Balaban J connectivity index is 1.75. The minimum Gasteiger partial charge on any atom is -0.434 e. The predicted octanol–water partition coefficient (Wildman–Crippen LogP) is 4.75. The summed E-state index contributed by atoms with van der Waals surface area (Å²) >= 11 is 0. The van der Waals surface area contributed by atoms with E-state index in [-0.39, 0.29) is 5.56 Å². The van der Waals surface area contributed by atoms with Crippen LogP contribution in [0.4, 0.5) is 5.69 Å². The molecule has 0 radical (unpaired) electrons. The Morgan fingerprint density at radius 2 is 1.63 bits per heavy atom. The number of rotatable bonds is 4. The van der Waals surface area contributed by atoms with Gasteiger partial charge in [-0.1, -0.05) is 48.5 Å². The number of hydrogen-bond acceptors (Lipinski definition) is 5. The summed E-state index contributed by atoms with van der Waals surface area (Å²) in [6.45, 7) is 0. The molecule has 5 rings (SSSR count). The fraction of sp³-hybridized carbons (Fsp3) is 0.0417. The van der Waals surface area contributed by atoms with Crippen molar-refractivity contribution in [1.29, 1.82) is 0 Å². The van der Waals surface area contributed by atoms with Gasteiger partial charge in [0.25, 0.3) is 5.56 Å². The Morgan fingerprint density at radius 3 is 2.33 bits per heavy atom. The smallest absolute Gasteiger partial charge is 0.282 e. The first-order valence-electron chi connectivity index (χ1n) is 9.56. The van der Waals surface area contributed by atoms with Crippen LogP contribution in [-0.4, -0.2) is 21.6 Å². The molecule has 1 N–H and O–H groups in total. The maximum absolute atomic E-state index is 13.3. The van der Waals surface area contributed by atoms with Gasteiger partial charge in [-0.3, -0.25) is 9.36 Å². The summed E-state index contributed by atoms with van der Waals surface area (Å²) in [6, 6.07) is 23.0. The number of fused-ring (bicyclic) bond motifs is 1. The highest BCUT2D eigenvalue weighted by Gasteiger charge is 2.20. The van der Waals surface area contributed by atoms with Crippen LogP contribution in [0.1, 0.15) is 0 Å². The second-order valence-corrected chi connectivity index (χ2v) is 6.81. The molecule has 0 amide bonds. The molecule has 30 heavy (non-hydrogen) atoms. The first kappa shape index (κ1) is 17.9. The highest BCUT2D eigenvalue weighted by molar-refractivity contribution is 5.81. The van der Waals surface area contributed by atoms with E-state index in [0.29, 0.717) is 23.0 Å². The third-order valence-corrected chi connectivity index (χ3v) is 4.92. The van der Waals surface area contributed by atoms with E-state index in [0.717, 1.165) is 22.2 Å². The Hall–Kier alpha value is -4.19. The summed E-state index contributed by atoms with van der Waals surface area (Å²) in [5, 5.41) is 3.80. The standard InChI is InChI=1S/C24H18N4O2/c1-25-19-14-18-12-13-28(24(29)20(18)26-15-19)22-21(16-8-4-2-5-9-16)30-23(27-22)17-10-6-3-7-11-17/h2-15,25H,1H3. The van der Waals surface area contributed by atoms with E-state index < -0.39 is 0 Å². The molecule has 3 aromatic heterocycles. The number of anilines is 1. The number of nitrogens with one attached hydrogen (secondary N) is 1. The van der Waals surface area contributed by atoms with E-state index in [2.05, 4.69) is 15.3 Å². The third kappa shape index (κ3) is 3.04. The van der Waals surface area contributed by atoms with Gasteiger partial charge in [0.1, 0.15) is 5.52 Å². The van der Waals surface area contributed by atoms with Crippen LogP contribution in [0.15, 0.2) is 94.4 Å². The molecule has 146 valence electrons. The fourth-order valence-electron chi connectivity index (χ4n) is 3.38. The van der Waals surface area contributed by atoms with Crippen molar-refractivity contribution >= 4 is 16.6 Å². The van der Waals surface area contributed by atoms with E-state index in [4.69, 9.17) is 4.42 Å². The zero-order valence-electron chi connectivity index (χ0n) is 16.2. The van der Waals surface area contributed by atoms with Crippen molar-refractivity contribution in [1.82, 2.24) is 14.5 Å². The van der Waals surface area contributed by atoms with Gasteiger partial charge in [-0.15, -0.1) is 0 Å². The molecule has 0 saturated carbocycles. The first-order valence-corrected chi connectivity index (χ1v) is 9.56. The lowest BCUT2D eigenvalue weighted by atomic mass is 10.2. The SMILES string of the molecule is CNc1cnc2c(=O)n(-c3nc(-c4ccccc4)oc3-c3ccccc3)ccc2c1. The molecule has 0 saturated heterocycles. The van der Waals surface area contributed by atoms with Crippen LogP contribution in [0.25, 0.3) is 39.5 Å². The minimum atomic E-state index is -0.250. The lowest BCUT2D eigenvalue weighted by molar-refractivity contribution is 0.588. The van der Waals surface area contributed by atoms with Gasteiger partial charge in [-0.2, -0.15) is 4.98 Å². The number of pyridine rings is 2. The Bertz CT molecular complexity index is 1390. The molecule has 6 nitrogen and oxygen atoms in total. The average molecular weight is 394 g/mol. The molecule has 6 heteroatoms. The van der Waals surface area contributed by atoms with Crippen molar-refractivity contribution in [3.05, 3.63) is 95.5 Å². The van der Waals surface area contributed by atoms with Crippen LogP contribution in [-0.2, 0) is 0 Å². The lowest BCUT2D eigenvalue weighted by Crippen LogP contribution is -2.19. The Kier molecular flexibility index (Phi) is 4.37. The quantitative estimate of drug-likeness (QED) is 0.476. The molecule has 5 aromatic rings. The average Bonchev–Trinajstić information content (AvgIpc) is 3.25. The fourth-order valence-corrected chi connectivity index (χ4v) is 3.38. The van der Waals surface area contributed by atoms with Crippen LogP contribution in [0.5, 0.6) is 0 Å². The normalized spacial score (nSPS) is 11.0. The summed E-state index contributed by atoms with van der Waals surface area (Å²) in [6.07, 6.45) is 3.36. The van der Waals surface area contributed by atoms with E-state index in [1.165, 1.54) is 4.57 Å². The van der Waals surface area contributed by atoms with E-state index in [9.17, 15) is 4.79 Å². The summed E-state index contributed by atoms with van der Waals surface area (Å²) in [5.74, 6) is 1.42. The molecule has 0 bridgehead atoms. The van der Waals surface area contributed by atoms with Crippen molar-refractivity contribution in [2.75, 3.05) is 12.4 Å². The van der Waals surface area contributed by atoms with Crippen molar-refractivity contribution < 1.29 is 4.42 Å². The van der Waals surface area contributed by atoms with Gasteiger partial charge in [0.05, 0.1) is 11.9 Å². The molecular weight excluding hydrogens is 376 g/mol. The molecule has 0 spiro atoms. The Morgan fingerprint density at radius 1 is 0.933 bits per heavy atom. The van der Waals surface area contributed by atoms with Crippen LogP contribution in [0.2, 0.25) is 0 Å². The monoisotopic (exact) mass is 394 g/mol. The van der Waals surface area contributed by atoms with Gasteiger partial charge in [-0.25, -0.2) is 4.98 Å². The van der Waals surface area contributed by atoms with Gasteiger partial charge >= 0.3 is 0 Å². The van der Waals surface area contributed by atoms with Gasteiger partial charge in [0.2, 0.25) is 5.89 Å². The molecule has 0 fully saturated rings.